The van der Waals surface area contributed by atoms with Crippen molar-refractivity contribution in [2.24, 2.45) is 11.8 Å². The lowest BCUT2D eigenvalue weighted by Gasteiger charge is -2.20. The Hall–Kier alpha value is -1.14. The van der Waals surface area contributed by atoms with Gasteiger partial charge in [-0.3, -0.25) is 9.59 Å². The summed E-state index contributed by atoms with van der Waals surface area (Å²) in [5.41, 5.74) is 0. The monoisotopic (exact) mass is 217 g/mol. The van der Waals surface area contributed by atoms with Crippen LogP contribution in [0.25, 0.3) is 0 Å². The van der Waals surface area contributed by atoms with Crippen LogP contribution in [0.5, 0.6) is 0 Å². The van der Waals surface area contributed by atoms with Gasteiger partial charge in [-0.05, 0) is 6.42 Å². The van der Waals surface area contributed by atoms with Crippen LogP contribution in [-0.4, -0.2) is 58.4 Å². The first-order valence-corrected chi connectivity index (χ1v) is 4.85. The number of carbonyl (C=O) groups excluding carboxylic acids is 1. The van der Waals surface area contributed by atoms with E-state index in [9.17, 15) is 9.59 Å². The number of carbonyl (C=O) groups is 2. The number of nitrogens with zero attached hydrogens (tertiary/aromatic N) is 1. The summed E-state index contributed by atoms with van der Waals surface area (Å²) in [7, 11) is 0. The second-order valence-electron chi connectivity index (χ2n) is 3.56. The lowest BCUT2D eigenvalue weighted by atomic mass is 10.2. The van der Waals surface area contributed by atoms with E-state index in [2.05, 4.69) is 0 Å². The number of carboxylic acids is 1. The lowest BCUT2D eigenvalue weighted by Crippen LogP contribution is -2.37. The number of aliphatic hydroxyl groups is 2. The number of rotatable bonds is 6. The molecule has 6 heteroatoms. The molecule has 1 rings (SSSR count). The number of amides is 1. The molecule has 0 aromatic rings. The van der Waals surface area contributed by atoms with Crippen LogP contribution in [0.1, 0.15) is 6.42 Å². The average molecular weight is 217 g/mol. The van der Waals surface area contributed by atoms with Gasteiger partial charge in [-0.1, -0.05) is 0 Å². The Morgan fingerprint density at radius 3 is 2.00 bits per heavy atom. The predicted octanol–water partition coefficient (Wildman–Crippen LogP) is -1.48. The van der Waals surface area contributed by atoms with Gasteiger partial charge in [0, 0.05) is 13.1 Å². The zero-order chi connectivity index (χ0) is 11.4. The molecule has 0 saturated heterocycles. The minimum absolute atomic E-state index is 0.141. The van der Waals surface area contributed by atoms with Gasteiger partial charge < -0.3 is 20.2 Å². The molecule has 3 N–H and O–H groups in total. The molecule has 1 aliphatic carbocycles. The Morgan fingerprint density at radius 2 is 1.67 bits per heavy atom. The van der Waals surface area contributed by atoms with Crippen molar-refractivity contribution in [3.05, 3.63) is 0 Å². The third kappa shape index (κ3) is 2.90. The number of hydrogen-bond acceptors (Lipinski definition) is 4. The molecule has 6 nitrogen and oxygen atoms in total. The Kier molecular flexibility index (Phi) is 4.05. The minimum atomic E-state index is -0.957. The van der Waals surface area contributed by atoms with Gasteiger partial charge in [0.25, 0.3) is 0 Å². The Morgan fingerprint density at radius 1 is 1.13 bits per heavy atom. The van der Waals surface area contributed by atoms with Gasteiger partial charge in [0.15, 0.2) is 0 Å². The normalized spacial score (nSPS) is 23.6. The van der Waals surface area contributed by atoms with E-state index in [0.717, 1.165) is 0 Å². The highest BCUT2D eigenvalue weighted by Crippen LogP contribution is 2.39. The number of hydrogen-bond donors (Lipinski definition) is 3. The smallest absolute Gasteiger partial charge is 0.307 e. The van der Waals surface area contributed by atoms with E-state index >= 15 is 0 Å². The van der Waals surface area contributed by atoms with Crippen molar-refractivity contribution in [2.45, 2.75) is 6.42 Å². The molecule has 0 bridgehead atoms. The van der Waals surface area contributed by atoms with Crippen molar-refractivity contribution in [2.75, 3.05) is 26.3 Å². The van der Waals surface area contributed by atoms with E-state index in [1.54, 1.807) is 0 Å². The molecule has 2 unspecified atom stereocenters. The molecule has 0 aliphatic heterocycles. The maximum Gasteiger partial charge on any atom is 0.307 e. The third-order valence-corrected chi connectivity index (χ3v) is 2.48. The number of carboxylic acid groups (broad SMARTS) is 1. The molecule has 1 amide bonds. The van der Waals surface area contributed by atoms with Crippen molar-refractivity contribution < 1.29 is 24.9 Å². The second kappa shape index (κ2) is 5.09. The van der Waals surface area contributed by atoms with Crippen molar-refractivity contribution in [1.82, 2.24) is 4.90 Å². The second-order valence-corrected chi connectivity index (χ2v) is 3.56. The van der Waals surface area contributed by atoms with Gasteiger partial charge in [0.05, 0.1) is 25.0 Å². The first-order chi connectivity index (χ1) is 7.11. The summed E-state index contributed by atoms with van der Waals surface area (Å²) in [6.45, 7) is -0.0864. The molecule has 2 atom stereocenters. The molecule has 1 saturated carbocycles. The summed E-state index contributed by atoms with van der Waals surface area (Å²) in [6.07, 6.45) is 0.363. The van der Waals surface area contributed by atoms with Crippen LogP contribution in [0.15, 0.2) is 0 Å². The number of aliphatic carboxylic acids is 1. The molecule has 15 heavy (non-hydrogen) atoms. The molecule has 1 aliphatic rings. The molecule has 0 spiro atoms. The fourth-order valence-electron chi connectivity index (χ4n) is 1.55. The van der Waals surface area contributed by atoms with Crippen LogP contribution in [0.3, 0.4) is 0 Å². The summed E-state index contributed by atoms with van der Waals surface area (Å²) in [5.74, 6) is -2.30. The van der Waals surface area contributed by atoms with Crippen LogP contribution in [0.2, 0.25) is 0 Å². The van der Waals surface area contributed by atoms with Gasteiger partial charge in [-0.2, -0.15) is 0 Å². The lowest BCUT2D eigenvalue weighted by molar-refractivity contribution is -0.142. The highest BCUT2D eigenvalue weighted by molar-refractivity contribution is 5.89. The van der Waals surface area contributed by atoms with E-state index < -0.39 is 17.8 Å². The van der Waals surface area contributed by atoms with Gasteiger partial charge in [-0.25, -0.2) is 0 Å². The van der Waals surface area contributed by atoms with E-state index in [1.807, 2.05) is 0 Å². The third-order valence-electron chi connectivity index (χ3n) is 2.48. The van der Waals surface area contributed by atoms with Crippen LogP contribution in [0, 0.1) is 11.8 Å². The summed E-state index contributed by atoms with van der Waals surface area (Å²) in [4.78, 5) is 23.5. The highest BCUT2D eigenvalue weighted by atomic mass is 16.4. The zero-order valence-corrected chi connectivity index (χ0v) is 8.30. The zero-order valence-electron chi connectivity index (χ0n) is 8.30. The van der Waals surface area contributed by atoms with E-state index in [4.69, 9.17) is 15.3 Å². The van der Waals surface area contributed by atoms with Crippen LogP contribution in [-0.2, 0) is 9.59 Å². The molecular formula is C9H15NO5. The SMILES string of the molecule is O=C(O)C1CC1C(=O)N(CCO)CCO. The van der Waals surface area contributed by atoms with Crippen molar-refractivity contribution >= 4 is 11.9 Å². The topological polar surface area (TPSA) is 98.1 Å². The molecule has 0 aromatic heterocycles. The van der Waals surface area contributed by atoms with Crippen molar-refractivity contribution in [1.29, 1.82) is 0 Å². The molecule has 1 fully saturated rings. The minimum Gasteiger partial charge on any atom is -0.481 e. The first-order valence-electron chi connectivity index (χ1n) is 4.85. The van der Waals surface area contributed by atoms with E-state index in [-0.39, 0.29) is 32.2 Å². The van der Waals surface area contributed by atoms with Gasteiger partial charge >= 0.3 is 5.97 Å². The highest BCUT2D eigenvalue weighted by Gasteiger charge is 2.49. The largest absolute Gasteiger partial charge is 0.481 e. The Bertz CT molecular complexity index is 249. The van der Waals surface area contributed by atoms with Crippen LogP contribution in [0.4, 0.5) is 0 Å². The van der Waals surface area contributed by atoms with E-state index in [0.29, 0.717) is 6.42 Å². The maximum atomic E-state index is 11.6. The molecule has 0 aromatic carbocycles. The van der Waals surface area contributed by atoms with Gasteiger partial charge in [0.1, 0.15) is 0 Å². The molecular weight excluding hydrogens is 202 g/mol. The fraction of sp³-hybridized carbons (Fsp3) is 0.778. The Labute approximate surface area is 87.1 Å². The van der Waals surface area contributed by atoms with Crippen LogP contribution < -0.4 is 0 Å². The summed E-state index contributed by atoms with van der Waals surface area (Å²) < 4.78 is 0. The quantitative estimate of drug-likeness (QED) is 0.504. The average Bonchev–Trinajstić information content (AvgIpc) is 2.96. The van der Waals surface area contributed by atoms with Gasteiger partial charge in [0.2, 0.25) is 5.91 Å². The first kappa shape index (κ1) is 11.9. The molecule has 0 heterocycles. The summed E-state index contributed by atoms with van der Waals surface area (Å²) in [6, 6.07) is 0. The van der Waals surface area contributed by atoms with Gasteiger partial charge in [-0.15, -0.1) is 0 Å². The fourth-order valence-corrected chi connectivity index (χ4v) is 1.55. The summed E-state index contributed by atoms with van der Waals surface area (Å²) in [5, 5.41) is 26.0. The van der Waals surface area contributed by atoms with Crippen molar-refractivity contribution in [3.8, 4) is 0 Å². The summed E-state index contributed by atoms with van der Waals surface area (Å²) >= 11 is 0. The molecule has 86 valence electrons. The Balaban J connectivity index is 2.47. The van der Waals surface area contributed by atoms with Crippen molar-refractivity contribution in [3.63, 3.8) is 0 Å². The predicted molar refractivity (Wildman–Crippen MR) is 50.0 cm³/mol. The molecule has 0 radical (unpaired) electrons. The van der Waals surface area contributed by atoms with Crippen LogP contribution >= 0.6 is 0 Å². The standard InChI is InChI=1S/C9H15NO5/c11-3-1-10(2-4-12)8(13)6-5-7(6)9(14)15/h6-7,11-12H,1-5H2,(H,14,15). The number of aliphatic hydroxyl groups excluding tert-OH is 2. The maximum absolute atomic E-state index is 11.6. The van der Waals surface area contributed by atoms with E-state index in [1.165, 1.54) is 4.90 Å².